The molecule has 7 nitrogen and oxygen atoms in total. The van der Waals surface area contributed by atoms with Crippen LogP contribution in [0, 0.1) is 11.3 Å². The van der Waals surface area contributed by atoms with E-state index in [0.29, 0.717) is 11.0 Å². The van der Waals surface area contributed by atoms with E-state index < -0.39 is 5.54 Å². The fourth-order valence-electron chi connectivity index (χ4n) is 3.31. The van der Waals surface area contributed by atoms with E-state index in [1.165, 1.54) is 11.8 Å². The van der Waals surface area contributed by atoms with Crippen molar-refractivity contribution in [1.29, 1.82) is 5.26 Å². The van der Waals surface area contributed by atoms with Gasteiger partial charge in [0.05, 0.1) is 18.9 Å². The molecule has 0 spiro atoms. The van der Waals surface area contributed by atoms with Crippen LogP contribution in [0.1, 0.15) is 32.1 Å². The number of rotatable bonds is 6. The Morgan fingerprint density at radius 3 is 2.67 bits per heavy atom. The molecule has 1 aliphatic rings. The van der Waals surface area contributed by atoms with Crippen LogP contribution in [-0.4, -0.2) is 51.4 Å². The van der Waals surface area contributed by atoms with Crippen molar-refractivity contribution in [2.75, 3.05) is 19.9 Å². The first kappa shape index (κ1) is 19.2. The average molecular weight is 385 g/mol. The van der Waals surface area contributed by atoms with Crippen LogP contribution in [0.2, 0.25) is 0 Å². The highest BCUT2D eigenvalue weighted by Crippen LogP contribution is 2.33. The van der Waals surface area contributed by atoms with Crippen molar-refractivity contribution in [3.05, 3.63) is 24.3 Å². The van der Waals surface area contributed by atoms with Crippen LogP contribution in [0.15, 0.2) is 29.4 Å². The van der Waals surface area contributed by atoms with E-state index in [1.54, 1.807) is 19.1 Å². The lowest BCUT2D eigenvalue weighted by Gasteiger charge is -2.38. The first-order chi connectivity index (χ1) is 13.1. The number of H-pyrrole nitrogens is 1. The van der Waals surface area contributed by atoms with E-state index >= 15 is 0 Å². The van der Waals surface area contributed by atoms with Crippen molar-refractivity contribution in [2.45, 2.75) is 42.8 Å². The number of aromatic amines is 1. The quantitative estimate of drug-likeness (QED) is 0.767. The minimum atomic E-state index is -0.664. The summed E-state index contributed by atoms with van der Waals surface area (Å²) in [5, 5.41) is 17.2. The van der Waals surface area contributed by atoms with Gasteiger partial charge in [-0.05, 0) is 37.1 Å². The SMILES string of the molecule is COc1ccc(-c2nc(SCC(=O)N(C)C3(C#N)CCCCC3)n[nH]2)cc1. The van der Waals surface area contributed by atoms with Crippen molar-refractivity contribution < 1.29 is 9.53 Å². The van der Waals surface area contributed by atoms with E-state index in [0.717, 1.165) is 43.4 Å². The molecule has 0 bridgehead atoms. The van der Waals surface area contributed by atoms with Crippen LogP contribution in [0.4, 0.5) is 0 Å². The Morgan fingerprint density at radius 1 is 1.33 bits per heavy atom. The maximum Gasteiger partial charge on any atom is 0.234 e. The van der Waals surface area contributed by atoms with Crippen molar-refractivity contribution >= 4 is 17.7 Å². The number of hydrogen-bond acceptors (Lipinski definition) is 6. The fourth-order valence-corrected chi connectivity index (χ4v) is 4.02. The number of amides is 1. The molecule has 0 radical (unpaired) electrons. The van der Waals surface area contributed by atoms with Gasteiger partial charge >= 0.3 is 0 Å². The number of nitriles is 1. The summed E-state index contributed by atoms with van der Waals surface area (Å²) in [5.74, 6) is 1.55. The molecular formula is C19H23N5O2S. The Morgan fingerprint density at radius 2 is 2.04 bits per heavy atom. The predicted octanol–water partition coefficient (Wildman–Crippen LogP) is 3.26. The number of carbonyl (C=O) groups excluding carboxylic acids is 1. The third-order valence-electron chi connectivity index (χ3n) is 5.06. The van der Waals surface area contributed by atoms with E-state index in [9.17, 15) is 10.1 Å². The van der Waals surface area contributed by atoms with Crippen LogP contribution in [0.25, 0.3) is 11.4 Å². The molecular weight excluding hydrogens is 362 g/mol. The van der Waals surface area contributed by atoms with Crippen molar-refractivity contribution in [2.24, 2.45) is 0 Å². The average Bonchev–Trinajstić information content (AvgIpc) is 3.21. The Bertz CT molecular complexity index is 821. The number of hydrogen-bond donors (Lipinski definition) is 1. The van der Waals surface area contributed by atoms with Crippen LogP contribution in [0.3, 0.4) is 0 Å². The molecule has 0 unspecified atom stereocenters. The summed E-state index contributed by atoms with van der Waals surface area (Å²) >= 11 is 1.27. The smallest absolute Gasteiger partial charge is 0.234 e. The largest absolute Gasteiger partial charge is 0.497 e. The summed E-state index contributed by atoms with van der Waals surface area (Å²) in [5.41, 5.74) is 0.229. The van der Waals surface area contributed by atoms with Crippen LogP contribution in [0.5, 0.6) is 5.75 Å². The minimum Gasteiger partial charge on any atom is -0.497 e. The number of aromatic nitrogens is 3. The van der Waals surface area contributed by atoms with Crippen molar-refractivity contribution in [3.63, 3.8) is 0 Å². The van der Waals surface area contributed by atoms with Gasteiger partial charge in [0, 0.05) is 12.6 Å². The summed E-state index contributed by atoms with van der Waals surface area (Å²) in [4.78, 5) is 18.7. The predicted molar refractivity (Wildman–Crippen MR) is 103 cm³/mol. The van der Waals surface area contributed by atoms with Gasteiger partial charge in [-0.2, -0.15) is 5.26 Å². The van der Waals surface area contributed by atoms with Gasteiger partial charge in [-0.15, -0.1) is 5.10 Å². The van der Waals surface area contributed by atoms with E-state index in [2.05, 4.69) is 21.3 Å². The van der Waals surface area contributed by atoms with Crippen molar-refractivity contribution in [1.82, 2.24) is 20.1 Å². The first-order valence-electron chi connectivity index (χ1n) is 8.95. The molecule has 2 aromatic rings. The second kappa shape index (κ2) is 8.44. The molecule has 1 amide bonds. The zero-order chi connectivity index (χ0) is 19.3. The molecule has 0 aliphatic heterocycles. The lowest BCUT2D eigenvalue weighted by molar-refractivity contribution is -0.131. The highest BCUT2D eigenvalue weighted by molar-refractivity contribution is 7.99. The third-order valence-corrected chi connectivity index (χ3v) is 5.89. The van der Waals surface area contributed by atoms with Crippen molar-refractivity contribution in [3.8, 4) is 23.2 Å². The van der Waals surface area contributed by atoms with Crippen LogP contribution < -0.4 is 4.74 Å². The summed E-state index contributed by atoms with van der Waals surface area (Å²) in [6.45, 7) is 0. The highest BCUT2D eigenvalue weighted by atomic mass is 32.2. The van der Waals surface area contributed by atoms with E-state index in [-0.39, 0.29) is 11.7 Å². The molecule has 1 aliphatic carbocycles. The normalized spacial score (nSPS) is 15.7. The molecule has 1 aromatic carbocycles. The summed E-state index contributed by atoms with van der Waals surface area (Å²) in [6.07, 6.45) is 4.61. The van der Waals surface area contributed by atoms with E-state index in [1.807, 2.05) is 24.3 Å². The molecule has 142 valence electrons. The summed E-state index contributed by atoms with van der Waals surface area (Å²) < 4.78 is 5.15. The fraction of sp³-hybridized carbons (Fsp3) is 0.474. The standard InChI is InChI=1S/C19H23N5O2S/c1-24(19(13-20)10-4-3-5-11-19)16(25)12-27-18-21-17(22-23-18)14-6-8-15(26-2)9-7-14/h6-9H,3-5,10-12H2,1-2H3,(H,21,22,23). The maximum atomic E-state index is 12.6. The van der Waals surface area contributed by atoms with Gasteiger partial charge in [-0.25, -0.2) is 4.98 Å². The number of nitrogens with zero attached hydrogens (tertiary/aromatic N) is 4. The minimum absolute atomic E-state index is 0.0701. The molecule has 1 saturated carbocycles. The Balaban J connectivity index is 1.60. The van der Waals surface area contributed by atoms with Gasteiger partial charge in [0.2, 0.25) is 11.1 Å². The molecule has 27 heavy (non-hydrogen) atoms. The zero-order valence-corrected chi connectivity index (χ0v) is 16.4. The first-order valence-corrected chi connectivity index (χ1v) is 9.94. The lowest BCUT2D eigenvalue weighted by Crippen LogP contribution is -2.50. The van der Waals surface area contributed by atoms with E-state index in [4.69, 9.17) is 4.74 Å². The number of benzene rings is 1. The molecule has 1 fully saturated rings. The van der Waals surface area contributed by atoms with Crippen LogP contribution in [-0.2, 0) is 4.79 Å². The van der Waals surface area contributed by atoms with Gasteiger partial charge in [0.1, 0.15) is 11.3 Å². The number of methoxy groups -OCH3 is 1. The van der Waals surface area contributed by atoms with Gasteiger partial charge in [-0.1, -0.05) is 31.0 Å². The van der Waals surface area contributed by atoms with Gasteiger partial charge in [0.25, 0.3) is 0 Å². The highest BCUT2D eigenvalue weighted by Gasteiger charge is 2.38. The number of thioether (sulfide) groups is 1. The topological polar surface area (TPSA) is 94.9 Å². The van der Waals surface area contributed by atoms with Gasteiger partial charge < -0.3 is 9.64 Å². The third kappa shape index (κ3) is 4.25. The molecule has 1 heterocycles. The monoisotopic (exact) mass is 385 g/mol. The molecule has 1 aromatic heterocycles. The summed E-state index contributed by atoms with van der Waals surface area (Å²) in [7, 11) is 3.36. The molecule has 3 rings (SSSR count). The second-order valence-electron chi connectivity index (χ2n) is 6.64. The Hall–Kier alpha value is -2.53. The number of ether oxygens (including phenoxy) is 1. The van der Waals surface area contributed by atoms with Crippen LogP contribution >= 0.6 is 11.8 Å². The molecule has 1 N–H and O–H groups in total. The van der Waals surface area contributed by atoms with Gasteiger partial charge in [0.15, 0.2) is 5.82 Å². The molecule has 0 saturated heterocycles. The summed E-state index contributed by atoms with van der Waals surface area (Å²) in [6, 6.07) is 9.88. The molecule has 0 atom stereocenters. The number of carbonyl (C=O) groups is 1. The Kier molecular flexibility index (Phi) is 6.01. The Labute approximate surface area is 163 Å². The lowest BCUT2D eigenvalue weighted by atomic mass is 9.81. The second-order valence-corrected chi connectivity index (χ2v) is 7.58. The van der Waals surface area contributed by atoms with Gasteiger partial charge in [-0.3, -0.25) is 9.89 Å². The molecule has 8 heteroatoms. The zero-order valence-electron chi connectivity index (χ0n) is 15.6. The number of nitrogens with one attached hydrogen (secondary N) is 1. The maximum absolute atomic E-state index is 12.6.